The van der Waals surface area contributed by atoms with Crippen molar-refractivity contribution in [2.24, 2.45) is 5.73 Å². The van der Waals surface area contributed by atoms with E-state index in [1.165, 1.54) is 0 Å². The summed E-state index contributed by atoms with van der Waals surface area (Å²) in [4.78, 5) is 8.54. The minimum Gasteiger partial charge on any atom is -0.320 e. The lowest BCUT2D eigenvalue weighted by Gasteiger charge is -2.19. The highest BCUT2D eigenvalue weighted by atomic mass is 14.9. The van der Waals surface area contributed by atoms with Gasteiger partial charge in [0, 0.05) is 11.1 Å². The fourth-order valence-corrected chi connectivity index (χ4v) is 1.43. The first-order chi connectivity index (χ1) is 6.42. The third kappa shape index (κ3) is 1.64. The lowest BCUT2D eigenvalue weighted by Crippen LogP contribution is -2.23. The highest BCUT2D eigenvalue weighted by molar-refractivity contribution is 5.25. The van der Waals surface area contributed by atoms with Crippen molar-refractivity contribution < 1.29 is 0 Å². The molecule has 0 aromatic carbocycles. The summed E-state index contributed by atoms with van der Waals surface area (Å²) in [5.41, 5.74) is 8.08. The van der Waals surface area contributed by atoms with Crippen LogP contribution in [0, 0.1) is 0 Å². The van der Waals surface area contributed by atoms with Gasteiger partial charge < -0.3 is 5.73 Å². The molecule has 0 spiro atoms. The number of hydrogen-bond donors (Lipinski definition) is 1. The smallest absolute Gasteiger partial charge is 0.116 e. The summed E-state index contributed by atoms with van der Waals surface area (Å²) in [5, 5.41) is 0. The molecule has 1 aromatic rings. The molecule has 0 aliphatic heterocycles. The normalized spacial score (nSPS) is 19.4. The predicted octanol–water partition coefficient (Wildman–Crippen LogP) is 1.72. The van der Waals surface area contributed by atoms with Crippen LogP contribution in [0.4, 0.5) is 0 Å². The van der Waals surface area contributed by atoms with Gasteiger partial charge in [0.15, 0.2) is 0 Å². The zero-order valence-corrected chi connectivity index (χ0v) is 9.04. The molecule has 2 rings (SSSR count). The van der Waals surface area contributed by atoms with E-state index in [1.807, 2.05) is 6.07 Å². The van der Waals surface area contributed by atoms with Crippen LogP contribution >= 0.6 is 0 Å². The Morgan fingerprint density at radius 3 is 2.43 bits per heavy atom. The molecule has 0 radical (unpaired) electrons. The van der Waals surface area contributed by atoms with E-state index in [4.69, 9.17) is 5.73 Å². The van der Waals surface area contributed by atoms with E-state index < -0.39 is 0 Å². The van der Waals surface area contributed by atoms with Crippen LogP contribution in [0.3, 0.4) is 0 Å². The van der Waals surface area contributed by atoms with Crippen LogP contribution in [-0.2, 0) is 11.0 Å². The highest BCUT2D eigenvalue weighted by Gasteiger charge is 2.41. The van der Waals surface area contributed by atoms with Gasteiger partial charge in [0.25, 0.3) is 0 Å². The monoisotopic (exact) mass is 191 g/mol. The number of nitrogens with zero attached hydrogens (tertiary/aromatic N) is 2. The van der Waals surface area contributed by atoms with Gasteiger partial charge in [0.2, 0.25) is 0 Å². The fraction of sp³-hybridized carbons (Fsp3) is 0.636. The molecule has 1 heterocycles. The quantitative estimate of drug-likeness (QED) is 0.735. The summed E-state index contributed by atoms with van der Waals surface area (Å²) in [7, 11) is 0. The summed E-state index contributed by atoms with van der Waals surface area (Å²) in [6.07, 6.45) is 3.73. The Morgan fingerprint density at radius 1 is 1.29 bits per heavy atom. The predicted molar refractivity (Wildman–Crippen MR) is 55.8 cm³/mol. The van der Waals surface area contributed by atoms with Gasteiger partial charge in [0.1, 0.15) is 6.33 Å². The topological polar surface area (TPSA) is 51.8 Å². The highest BCUT2D eigenvalue weighted by Crippen LogP contribution is 2.42. The molecular formula is C11H17N3. The lowest BCUT2D eigenvalue weighted by molar-refractivity contribution is 0.560. The third-order valence-corrected chi connectivity index (χ3v) is 2.73. The second kappa shape index (κ2) is 2.76. The van der Waals surface area contributed by atoms with Crippen molar-refractivity contribution in [3.63, 3.8) is 0 Å². The average Bonchev–Trinajstić information content (AvgIpc) is 2.84. The van der Waals surface area contributed by atoms with E-state index in [9.17, 15) is 0 Å². The van der Waals surface area contributed by atoms with Crippen LogP contribution in [0.1, 0.15) is 45.0 Å². The molecule has 1 aliphatic rings. The minimum absolute atomic E-state index is 0.0724. The van der Waals surface area contributed by atoms with Gasteiger partial charge in [-0.25, -0.2) is 9.97 Å². The number of rotatable bonds is 1. The van der Waals surface area contributed by atoms with Crippen molar-refractivity contribution in [3.05, 3.63) is 23.8 Å². The van der Waals surface area contributed by atoms with Gasteiger partial charge in [0.05, 0.1) is 11.2 Å². The molecule has 3 nitrogen and oxygen atoms in total. The molecule has 3 heteroatoms. The number of aromatic nitrogens is 2. The lowest BCUT2D eigenvalue weighted by atomic mass is 9.91. The maximum absolute atomic E-state index is 6.09. The first-order valence-corrected chi connectivity index (χ1v) is 5.04. The second-order valence-electron chi connectivity index (χ2n) is 5.19. The summed E-state index contributed by atoms with van der Waals surface area (Å²) in [5.74, 6) is 0. The Morgan fingerprint density at radius 2 is 1.93 bits per heavy atom. The molecule has 1 aliphatic carbocycles. The van der Waals surface area contributed by atoms with E-state index in [0.717, 1.165) is 24.2 Å². The molecular weight excluding hydrogens is 174 g/mol. The molecule has 1 aromatic heterocycles. The number of nitrogens with two attached hydrogens (primary N) is 1. The van der Waals surface area contributed by atoms with E-state index >= 15 is 0 Å². The van der Waals surface area contributed by atoms with Gasteiger partial charge in [-0.1, -0.05) is 20.8 Å². The van der Waals surface area contributed by atoms with Gasteiger partial charge in [-0.2, -0.15) is 0 Å². The zero-order chi connectivity index (χ0) is 10.4. The molecule has 0 saturated heterocycles. The van der Waals surface area contributed by atoms with Crippen molar-refractivity contribution in [1.29, 1.82) is 0 Å². The average molecular weight is 191 g/mol. The first-order valence-electron chi connectivity index (χ1n) is 5.04. The van der Waals surface area contributed by atoms with E-state index in [2.05, 4.69) is 30.7 Å². The molecule has 0 atom stereocenters. The van der Waals surface area contributed by atoms with Crippen LogP contribution in [0.15, 0.2) is 12.4 Å². The molecule has 1 fully saturated rings. The zero-order valence-electron chi connectivity index (χ0n) is 9.04. The summed E-state index contributed by atoms with van der Waals surface area (Å²) in [6, 6.07) is 2.05. The van der Waals surface area contributed by atoms with Crippen LogP contribution < -0.4 is 5.73 Å². The Hall–Kier alpha value is -0.960. The van der Waals surface area contributed by atoms with Gasteiger partial charge >= 0.3 is 0 Å². The molecule has 76 valence electrons. The van der Waals surface area contributed by atoms with Crippen molar-refractivity contribution in [2.75, 3.05) is 0 Å². The summed E-state index contributed by atoms with van der Waals surface area (Å²) < 4.78 is 0. The van der Waals surface area contributed by atoms with Crippen LogP contribution in [-0.4, -0.2) is 9.97 Å². The maximum Gasteiger partial charge on any atom is 0.116 e. The van der Waals surface area contributed by atoms with Gasteiger partial charge in [-0.3, -0.25) is 0 Å². The molecule has 0 bridgehead atoms. The second-order valence-corrected chi connectivity index (χ2v) is 5.19. The molecule has 0 unspecified atom stereocenters. The van der Waals surface area contributed by atoms with E-state index in [1.54, 1.807) is 6.33 Å². The van der Waals surface area contributed by atoms with Crippen LogP contribution in [0.25, 0.3) is 0 Å². The maximum atomic E-state index is 6.09. The van der Waals surface area contributed by atoms with Crippen LogP contribution in [0.2, 0.25) is 0 Å². The van der Waals surface area contributed by atoms with Crippen molar-refractivity contribution in [2.45, 2.75) is 44.6 Å². The Labute approximate surface area is 84.8 Å². The van der Waals surface area contributed by atoms with Gasteiger partial charge in [-0.05, 0) is 18.9 Å². The number of hydrogen-bond acceptors (Lipinski definition) is 3. The molecule has 14 heavy (non-hydrogen) atoms. The third-order valence-electron chi connectivity index (χ3n) is 2.73. The Bertz CT molecular complexity index is 327. The molecule has 0 amide bonds. The Balaban J connectivity index is 2.37. The first kappa shape index (κ1) is 9.59. The Kier molecular flexibility index (Phi) is 1.89. The fourth-order valence-electron chi connectivity index (χ4n) is 1.43. The molecule has 1 saturated carbocycles. The van der Waals surface area contributed by atoms with Crippen molar-refractivity contribution in [3.8, 4) is 0 Å². The van der Waals surface area contributed by atoms with Crippen molar-refractivity contribution >= 4 is 0 Å². The van der Waals surface area contributed by atoms with Gasteiger partial charge in [-0.15, -0.1) is 0 Å². The van der Waals surface area contributed by atoms with E-state index in [-0.39, 0.29) is 11.0 Å². The summed E-state index contributed by atoms with van der Waals surface area (Å²) >= 11 is 0. The summed E-state index contributed by atoms with van der Waals surface area (Å²) in [6.45, 7) is 6.44. The molecule has 2 N–H and O–H groups in total. The SMILES string of the molecule is CC(C)(C)c1cc(C2(N)CC2)ncn1. The standard InChI is InChI=1S/C11H17N3/c1-10(2,3)8-6-9(14-7-13-8)11(12)4-5-11/h6-7H,4-5,12H2,1-3H3. The van der Waals surface area contributed by atoms with Crippen LogP contribution in [0.5, 0.6) is 0 Å². The van der Waals surface area contributed by atoms with E-state index in [0.29, 0.717) is 0 Å². The minimum atomic E-state index is -0.150. The largest absolute Gasteiger partial charge is 0.320 e. The van der Waals surface area contributed by atoms with Crippen molar-refractivity contribution in [1.82, 2.24) is 9.97 Å².